The van der Waals surface area contributed by atoms with Crippen LogP contribution < -0.4 is 9.30 Å². The van der Waals surface area contributed by atoms with Gasteiger partial charge in [0.1, 0.15) is 24.4 Å². The molecule has 0 atom stereocenters. The van der Waals surface area contributed by atoms with Crippen molar-refractivity contribution < 1.29 is 9.30 Å². The largest absolute Gasteiger partial charge is 0.439 e. The molecule has 36 heavy (non-hydrogen) atoms. The Morgan fingerprint density at radius 1 is 0.889 bits per heavy atom. The summed E-state index contributed by atoms with van der Waals surface area (Å²) in [5.41, 5.74) is 2.11. The van der Waals surface area contributed by atoms with Crippen LogP contribution in [0.1, 0.15) is 0 Å². The average Bonchev–Trinajstić information content (AvgIpc) is 3.22. The van der Waals surface area contributed by atoms with Crippen LogP contribution in [0.4, 0.5) is 0 Å². The maximum Gasteiger partial charge on any atom is 0.216 e. The van der Waals surface area contributed by atoms with Gasteiger partial charge in [-0.3, -0.25) is 14.1 Å². The van der Waals surface area contributed by atoms with E-state index in [-0.39, 0.29) is 0 Å². The van der Waals surface area contributed by atoms with E-state index in [4.69, 9.17) is 4.74 Å². The Balaban J connectivity index is 1.50. The molecule has 0 aliphatic heterocycles. The third-order valence-corrected chi connectivity index (χ3v) is 5.92. The Morgan fingerprint density at radius 3 is 2.61 bits per heavy atom. The van der Waals surface area contributed by atoms with E-state index >= 15 is 0 Å². The zero-order chi connectivity index (χ0) is 24.5. The highest BCUT2D eigenvalue weighted by atomic mass is 16.5. The number of ether oxygens (including phenoxy) is 1. The van der Waals surface area contributed by atoms with Gasteiger partial charge in [0.25, 0.3) is 0 Å². The minimum Gasteiger partial charge on any atom is -0.439 e. The fourth-order valence-electron chi connectivity index (χ4n) is 4.20. The van der Waals surface area contributed by atoms with E-state index in [0.717, 1.165) is 27.6 Å². The highest BCUT2D eigenvalue weighted by molar-refractivity contribution is 6.09. The molecule has 4 heterocycles. The predicted molar refractivity (Wildman–Crippen MR) is 137 cm³/mol. The number of aromatic nitrogens is 7. The van der Waals surface area contributed by atoms with Crippen molar-refractivity contribution in [3.05, 3.63) is 110 Å². The van der Waals surface area contributed by atoms with Gasteiger partial charge in [-0.05, 0) is 30.3 Å². The first-order valence-electron chi connectivity index (χ1n) is 11.5. The minimum absolute atomic E-state index is 0.596. The van der Waals surface area contributed by atoms with Crippen molar-refractivity contribution in [2.24, 2.45) is 14.1 Å². The van der Waals surface area contributed by atoms with Gasteiger partial charge in [-0.25, -0.2) is 9.97 Å². The highest BCUT2D eigenvalue weighted by Gasteiger charge is 2.14. The monoisotopic (exact) mass is 473 g/mol. The van der Waals surface area contributed by atoms with E-state index in [0.29, 0.717) is 17.4 Å². The van der Waals surface area contributed by atoms with Gasteiger partial charge >= 0.3 is 0 Å². The molecule has 0 radical (unpaired) electrons. The average molecular weight is 474 g/mol. The summed E-state index contributed by atoms with van der Waals surface area (Å²) in [6, 6.07) is 20.4. The van der Waals surface area contributed by atoms with Crippen LogP contribution in [-0.4, -0.2) is 28.7 Å². The van der Waals surface area contributed by atoms with Gasteiger partial charge < -0.3 is 13.9 Å². The summed E-state index contributed by atoms with van der Waals surface area (Å²) in [6.45, 7) is 0. The summed E-state index contributed by atoms with van der Waals surface area (Å²) in [4.78, 5) is 13.3. The third kappa shape index (κ3) is 3.94. The van der Waals surface area contributed by atoms with Crippen molar-refractivity contribution in [3.8, 4) is 23.3 Å². The second-order valence-electron chi connectivity index (χ2n) is 8.34. The summed E-state index contributed by atoms with van der Waals surface area (Å²) >= 11 is 0. The molecule has 0 saturated carbocycles. The van der Waals surface area contributed by atoms with Gasteiger partial charge in [0, 0.05) is 54.9 Å². The SMILES string of the molecule is Cn1ccncn(-c2[c-][n+](C)ccn2)cc1Oc1ccc2c3ccccc3n(-c3ccccn3)c2c1. The highest BCUT2D eigenvalue weighted by Crippen LogP contribution is 2.34. The van der Waals surface area contributed by atoms with E-state index in [1.807, 2.05) is 84.4 Å². The number of aryl methyl sites for hydroxylation is 2. The summed E-state index contributed by atoms with van der Waals surface area (Å²) in [6.07, 6.45) is 15.6. The summed E-state index contributed by atoms with van der Waals surface area (Å²) in [5, 5.41) is 2.30. The van der Waals surface area contributed by atoms with Crippen molar-refractivity contribution >= 4 is 21.8 Å². The topological polar surface area (TPSA) is 66.6 Å². The molecule has 0 fully saturated rings. The van der Waals surface area contributed by atoms with E-state index in [2.05, 4.69) is 50.0 Å². The lowest BCUT2D eigenvalue weighted by atomic mass is 10.1. The zero-order valence-corrected chi connectivity index (χ0v) is 19.9. The van der Waals surface area contributed by atoms with Crippen LogP contribution in [0.2, 0.25) is 0 Å². The number of hydrogen-bond donors (Lipinski definition) is 0. The fraction of sp³-hybridized carbons (Fsp3) is 0.0714. The molecule has 0 spiro atoms. The minimum atomic E-state index is 0.596. The fourth-order valence-corrected chi connectivity index (χ4v) is 4.20. The summed E-state index contributed by atoms with van der Waals surface area (Å²) in [7, 11) is 3.81. The van der Waals surface area contributed by atoms with E-state index < -0.39 is 0 Å². The number of pyridine rings is 1. The zero-order valence-electron chi connectivity index (χ0n) is 19.9. The van der Waals surface area contributed by atoms with Crippen LogP contribution in [0.15, 0.2) is 104 Å². The van der Waals surface area contributed by atoms with E-state index in [1.165, 1.54) is 0 Å². The van der Waals surface area contributed by atoms with Gasteiger partial charge in [0.15, 0.2) is 0 Å². The molecule has 0 N–H and O–H groups in total. The molecule has 4 aromatic heterocycles. The molecule has 176 valence electrons. The lowest BCUT2D eigenvalue weighted by Crippen LogP contribution is -2.28. The number of hydrogen-bond acceptors (Lipinski definition) is 4. The number of nitrogens with zero attached hydrogens (tertiary/aromatic N) is 7. The molecule has 6 rings (SSSR count). The van der Waals surface area contributed by atoms with Gasteiger partial charge in [0.2, 0.25) is 5.88 Å². The quantitative estimate of drug-likeness (QED) is 0.276. The van der Waals surface area contributed by atoms with Crippen LogP contribution >= 0.6 is 0 Å². The normalized spacial score (nSPS) is 11.1. The summed E-state index contributed by atoms with van der Waals surface area (Å²) < 4.78 is 14.0. The Kier molecular flexibility index (Phi) is 5.38. The van der Waals surface area contributed by atoms with Gasteiger partial charge in [-0.1, -0.05) is 24.3 Å². The Bertz CT molecular complexity index is 1750. The van der Waals surface area contributed by atoms with Crippen molar-refractivity contribution in [2.45, 2.75) is 0 Å². The number of rotatable bonds is 4. The van der Waals surface area contributed by atoms with Crippen LogP contribution in [0.5, 0.6) is 11.6 Å². The first-order valence-corrected chi connectivity index (χ1v) is 11.5. The van der Waals surface area contributed by atoms with Crippen LogP contribution in [-0.2, 0) is 14.1 Å². The number of fused-ring (bicyclic) bond motifs is 3. The van der Waals surface area contributed by atoms with Crippen LogP contribution in [0.25, 0.3) is 33.4 Å². The van der Waals surface area contributed by atoms with Crippen molar-refractivity contribution in [1.82, 2.24) is 28.7 Å². The molecule has 0 saturated heterocycles. The Morgan fingerprint density at radius 2 is 1.75 bits per heavy atom. The molecule has 8 heteroatoms. The Labute approximate surface area is 207 Å². The maximum absolute atomic E-state index is 6.43. The van der Waals surface area contributed by atoms with Crippen molar-refractivity contribution in [2.75, 3.05) is 0 Å². The van der Waals surface area contributed by atoms with E-state index in [1.54, 1.807) is 23.3 Å². The van der Waals surface area contributed by atoms with Gasteiger partial charge in [0.05, 0.1) is 29.8 Å². The van der Waals surface area contributed by atoms with Crippen LogP contribution in [0.3, 0.4) is 0 Å². The molecular formula is C28H23N7O. The summed E-state index contributed by atoms with van der Waals surface area (Å²) in [5.74, 6) is 2.74. The van der Waals surface area contributed by atoms with Crippen molar-refractivity contribution in [1.29, 1.82) is 0 Å². The molecule has 0 bridgehead atoms. The second kappa shape index (κ2) is 8.99. The molecule has 0 unspecified atom stereocenters. The number of para-hydroxylation sites is 1. The van der Waals surface area contributed by atoms with E-state index in [9.17, 15) is 0 Å². The molecular weight excluding hydrogens is 450 g/mol. The molecule has 0 aliphatic carbocycles. The maximum atomic E-state index is 6.43. The predicted octanol–water partition coefficient (Wildman–Crippen LogP) is 4.64. The lowest BCUT2D eigenvalue weighted by molar-refractivity contribution is -0.675. The lowest BCUT2D eigenvalue weighted by Gasteiger charge is -2.13. The molecule has 0 amide bonds. The molecule has 0 aliphatic rings. The van der Waals surface area contributed by atoms with Gasteiger partial charge in [-0.15, -0.1) is 0 Å². The first-order chi connectivity index (χ1) is 17.7. The number of benzene rings is 2. The Hall–Kier alpha value is -4.98. The smallest absolute Gasteiger partial charge is 0.216 e. The third-order valence-electron chi connectivity index (χ3n) is 5.92. The molecule has 6 aromatic rings. The van der Waals surface area contributed by atoms with Crippen LogP contribution in [0, 0.1) is 6.20 Å². The van der Waals surface area contributed by atoms with Gasteiger partial charge in [-0.2, -0.15) is 0 Å². The first kappa shape index (κ1) is 21.5. The standard InChI is InChI=1S/C28H23N7O/c1-32-15-14-31-27(18-32)34-19-28(33(2)16-13-29-20-34)36-21-10-11-23-22-7-3-4-8-24(22)35(25(23)17-21)26-9-5-6-12-30-26/h3-17,19-20H,1-2H3. The molecule has 8 nitrogen and oxygen atoms in total. The van der Waals surface area contributed by atoms with Crippen molar-refractivity contribution in [3.63, 3.8) is 0 Å². The second-order valence-corrected chi connectivity index (χ2v) is 8.34. The molecule has 2 aromatic carbocycles.